The quantitative estimate of drug-likeness (QED) is 0.736. The van der Waals surface area contributed by atoms with E-state index in [4.69, 9.17) is 11.6 Å². The second-order valence-corrected chi connectivity index (χ2v) is 6.34. The summed E-state index contributed by atoms with van der Waals surface area (Å²) in [6.07, 6.45) is 0. The predicted molar refractivity (Wildman–Crippen MR) is 95.6 cm³/mol. The molecular weight excluding hydrogens is 342 g/mol. The molecular formula is C19H16ClNO4. The smallest absolute Gasteiger partial charge is 0.310 e. The maximum absolute atomic E-state index is 13.0. The number of nitrogens with zero attached hydrogens (tertiary/aromatic N) is 1. The fraction of sp³-hybridized carbons (Fsp3) is 0.158. The van der Waals surface area contributed by atoms with Crippen LogP contribution in [-0.2, 0) is 4.79 Å². The molecule has 0 aliphatic rings. The van der Waals surface area contributed by atoms with E-state index in [2.05, 4.69) is 0 Å². The highest BCUT2D eigenvalue weighted by atomic mass is 35.5. The number of aliphatic carboxylic acids is 1. The number of hydrogen-bond donors (Lipinski definition) is 2. The van der Waals surface area contributed by atoms with Gasteiger partial charge in [-0.2, -0.15) is 0 Å². The van der Waals surface area contributed by atoms with Gasteiger partial charge >= 0.3 is 5.97 Å². The van der Waals surface area contributed by atoms with Crippen LogP contribution in [0.25, 0.3) is 10.9 Å². The molecule has 0 aliphatic carbocycles. The number of carboxylic acid groups (broad SMARTS) is 1. The summed E-state index contributed by atoms with van der Waals surface area (Å²) in [5.74, 6) is -2.08. The summed E-state index contributed by atoms with van der Waals surface area (Å²) < 4.78 is 1.48. The predicted octanol–water partition coefficient (Wildman–Crippen LogP) is 4.19. The summed E-state index contributed by atoms with van der Waals surface area (Å²) in [5.41, 5.74) is 2.04. The fourth-order valence-electron chi connectivity index (χ4n) is 3.08. The summed E-state index contributed by atoms with van der Waals surface area (Å²) in [4.78, 5) is 24.5. The maximum atomic E-state index is 13.0. The zero-order valence-electron chi connectivity index (χ0n) is 13.7. The largest absolute Gasteiger partial charge is 0.508 e. The van der Waals surface area contributed by atoms with Gasteiger partial charge in [-0.25, -0.2) is 0 Å². The van der Waals surface area contributed by atoms with Gasteiger partial charge in [0.15, 0.2) is 0 Å². The van der Waals surface area contributed by atoms with Gasteiger partial charge in [0.25, 0.3) is 5.91 Å². The van der Waals surface area contributed by atoms with E-state index in [1.807, 2.05) is 0 Å². The minimum atomic E-state index is -0.996. The topological polar surface area (TPSA) is 79.5 Å². The molecule has 0 saturated heterocycles. The summed E-state index contributed by atoms with van der Waals surface area (Å²) >= 11 is 5.88. The molecule has 0 saturated carbocycles. The Labute approximate surface area is 149 Å². The number of carboxylic acids is 1. The van der Waals surface area contributed by atoms with Crippen molar-refractivity contribution in [2.45, 2.75) is 19.8 Å². The minimum absolute atomic E-state index is 0.0161. The molecule has 3 aromatic rings. The van der Waals surface area contributed by atoms with E-state index in [1.165, 1.54) is 16.7 Å². The SMILES string of the molecule is Cc1c([C@H](C)C(=O)O)c2cc(O)ccc2n1C(=O)c1ccc(Cl)cc1. The third-order valence-electron chi connectivity index (χ3n) is 4.33. The number of phenols is 1. The lowest BCUT2D eigenvalue weighted by molar-refractivity contribution is -0.138. The van der Waals surface area contributed by atoms with E-state index in [9.17, 15) is 19.8 Å². The minimum Gasteiger partial charge on any atom is -0.508 e. The monoisotopic (exact) mass is 357 g/mol. The molecule has 0 spiro atoms. The normalized spacial score (nSPS) is 12.3. The Kier molecular flexibility index (Phi) is 4.27. The lowest BCUT2D eigenvalue weighted by atomic mass is 9.98. The van der Waals surface area contributed by atoms with Gasteiger partial charge in [-0.05, 0) is 61.9 Å². The van der Waals surface area contributed by atoms with Crippen molar-refractivity contribution in [1.82, 2.24) is 4.57 Å². The van der Waals surface area contributed by atoms with Gasteiger partial charge < -0.3 is 10.2 Å². The van der Waals surface area contributed by atoms with E-state index < -0.39 is 11.9 Å². The molecule has 6 heteroatoms. The lowest BCUT2D eigenvalue weighted by Crippen LogP contribution is -2.15. The van der Waals surface area contributed by atoms with Crippen LogP contribution >= 0.6 is 11.6 Å². The summed E-state index contributed by atoms with van der Waals surface area (Å²) in [7, 11) is 0. The zero-order valence-corrected chi connectivity index (χ0v) is 14.4. The number of fused-ring (bicyclic) bond motifs is 1. The van der Waals surface area contributed by atoms with Gasteiger partial charge in [-0.1, -0.05) is 11.6 Å². The highest BCUT2D eigenvalue weighted by Crippen LogP contribution is 2.34. The van der Waals surface area contributed by atoms with Crippen molar-refractivity contribution in [2.24, 2.45) is 0 Å². The van der Waals surface area contributed by atoms with Crippen molar-refractivity contribution in [2.75, 3.05) is 0 Å². The number of carbonyl (C=O) groups is 2. The number of aromatic hydroxyl groups is 1. The summed E-state index contributed by atoms with van der Waals surface area (Å²) in [5, 5.41) is 20.3. The first-order valence-electron chi connectivity index (χ1n) is 7.68. The number of halogens is 1. The average molecular weight is 358 g/mol. The van der Waals surface area contributed by atoms with Gasteiger partial charge in [0, 0.05) is 21.7 Å². The van der Waals surface area contributed by atoms with E-state index in [1.54, 1.807) is 44.2 Å². The van der Waals surface area contributed by atoms with Crippen molar-refractivity contribution in [3.8, 4) is 5.75 Å². The number of benzene rings is 2. The van der Waals surface area contributed by atoms with Crippen LogP contribution in [0.2, 0.25) is 5.02 Å². The van der Waals surface area contributed by atoms with E-state index in [0.717, 1.165) is 0 Å². The Bertz CT molecular complexity index is 989. The molecule has 2 N–H and O–H groups in total. The Balaban J connectivity index is 2.28. The third kappa shape index (κ3) is 2.87. The second kappa shape index (κ2) is 6.26. The van der Waals surface area contributed by atoms with Crippen molar-refractivity contribution < 1.29 is 19.8 Å². The average Bonchev–Trinajstić information content (AvgIpc) is 2.85. The Morgan fingerprint density at radius 2 is 1.76 bits per heavy atom. The first-order chi connectivity index (χ1) is 11.8. The highest BCUT2D eigenvalue weighted by molar-refractivity contribution is 6.30. The van der Waals surface area contributed by atoms with Gasteiger partial charge in [-0.15, -0.1) is 0 Å². The fourth-order valence-corrected chi connectivity index (χ4v) is 3.21. The number of hydrogen-bond acceptors (Lipinski definition) is 3. The molecule has 0 fully saturated rings. The van der Waals surface area contributed by atoms with E-state index in [0.29, 0.717) is 32.7 Å². The van der Waals surface area contributed by atoms with Crippen LogP contribution in [0.5, 0.6) is 5.75 Å². The van der Waals surface area contributed by atoms with Crippen LogP contribution in [0.3, 0.4) is 0 Å². The van der Waals surface area contributed by atoms with Crippen LogP contribution in [0.4, 0.5) is 0 Å². The number of carbonyl (C=O) groups excluding carboxylic acids is 1. The van der Waals surface area contributed by atoms with Crippen molar-refractivity contribution in [1.29, 1.82) is 0 Å². The third-order valence-corrected chi connectivity index (χ3v) is 4.59. The molecule has 0 bridgehead atoms. The standard InChI is InChI=1S/C19H16ClNO4/c1-10(19(24)25)17-11(2)21(16-8-7-14(22)9-15(16)17)18(23)12-3-5-13(20)6-4-12/h3-10,22H,1-2H3,(H,24,25)/t10-/m0/s1. The van der Waals surface area contributed by atoms with E-state index in [-0.39, 0.29) is 11.7 Å². The van der Waals surface area contributed by atoms with Gasteiger partial charge in [0.2, 0.25) is 0 Å². The lowest BCUT2D eigenvalue weighted by Gasteiger charge is -2.09. The molecule has 1 heterocycles. The maximum Gasteiger partial charge on any atom is 0.310 e. The first-order valence-corrected chi connectivity index (χ1v) is 8.06. The Hall–Kier alpha value is -2.79. The molecule has 1 atom stereocenters. The van der Waals surface area contributed by atoms with Gasteiger partial charge in [-0.3, -0.25) is 14.2 Å². The Morgan fingerprint density at radius 3 is 2.36 bits per heavy atom. The molecule has 0 aliphatic heterocycles. The summed E-state index contributed by atoms with van der Waals surface area (Å²) in [6, 6.07) is 11.1. The number of rotatable bonds is 3. The molecule has 3 rings (SSSR count). The van der Waals surface area contributed by atoms with Crippen LogP contribution in [0.15, 0.2) is 42.5 Å². The molecule has 0 amide bonds. The Morgan fingerprint density at radius 1 is 1.12 bits per heavy atom. The molecule has 2 aromatic carbocycles. The highest BCUT2D eigenvalue weighted by Gasteiger charge is 2.26. The van der Waals surface area contributed by atoms with Crippen LogP contribution in [0.1, 0.15) is 34.5 Å². The molecule has 25 heavy (non-hydrogen) atoms. The molecule has 128 valence electrons. The molecule has 1 aromatic heterocycles. The summed E-state index contributed by atoms with van der Waals surface area (Å²) in [6.45, 7) is 3.27. The van der Waals surface area contributed by atoms with Gasteiger partial charge in [0.05, 0.1) is 11.4 Å². The van der Waals surface area contributed by atoms with Crippen LogP contribution in [0, 0.1) is 6.92 Å². The number of aromatic nitrogens is 1. The van der Waals surface area contributed by atoms with Gasteiger partial charge in [0.1, 0.15) is 5.75 Å². The molecule has 5 nitrogen and oxygen atoms in total. The van der Waals surface area contributed by atoms with Crippen molar-refractivity contribution in [3.63, 3.8) is 0 Å². The first kappa shape index (κ1) is 17.0. The van der Waals surface area contributed by atoms with Crippen LogP contribution < -0.4 is 0 Å². The van der Waals surface area contributed by atoms with E-state index >= 15 is 0 Å². The van der Waals surface area contributed by atoms with Crippen LogP contribution in [-0.4, -0.2) is 26.7 Å². The van der Waals surface area contributed by atoms with Crippen molar-refractivity contribution >= 4 is 34.4 Å². The van der Waals surface area contributed by atoms with Crippen molar-refractivity contribution in [3.05, 3.63) is 64.3 Å². The second-order valence-electron chi connectivity index (χ2n) is 5.91. The molecule has 0 unspecified atom stereocenters. The number of phenolic OH excluding ortho intramolecular Hbond substituents is 1. The molecule has 0 radical (unpaired) electrons. The zero-order chi connectivity index (χ0) is 18.3.